The minimum absolute atomic E-state index is 0. The number of halogens is 1. The molecule has 0 saturated carbocycles. The van der Waals surface area contributed by atoms with Gasteiger partial charge in [0, 0.05) is 0 Å². The topological polar surface area (TPSA) is 0 Å². The van der Waals surface area contributed by atoms with E-state index in [0.717, 1.165) is 0 Å². The molecule has 0 spiro atoms. The van der Waals surface area contributed by atoms with Crippen LogP contribution in [-0.2, 0) is 17.9 Å². The van der Waals surface area contributed by atoms with Crippen LogP contribution in [0.15, 0.2) is 12.2 Å². The third-order valence-electron chi connectivity index (χ3n) is 1.22. The Morgan fingerprint density at radius 1 is 1.50 bits per heavy atom. The van der Waals surface area contributed by atoms with Crippen LogP contribution in [0.5, 0.6) is 0 Å². The maximum atomic E-state index is 2.28. The number of hydrogen-bond donors (Lipinski definition) is 0. The van der Waals surface area contributed by atoms with Gasteiger partial charge in [0.1, 0.15) is 0 Å². The molecule has 8 heavy (non-hydrogen) atoms. The number of hydrogen-bond acceptors (Lipinski definition) is 0. The summed E-state index contributed by atoms with van der Waals surface area (Å²) >= 11 is 1.37. The van der Waals surface area contributed by atoms with Gasteiger partial charge in [-0.05, 0) is 0 Å². The molecule has 42 valence electrons. The molecule has 1 aliphatic rings. The summed E-state index contributed by atoms with van der Waals surface area (Å²) in [6, 6.07) is 0. The van der Waals surface area contributed by atoms with Gasteiger partial charge in [0.05, 0.1) is 0 Å². The fourth-order valence-corrected chi connectivity index (χ4v) is 1.65. The summed E-state index contributed by atoms with van der Waals surface area (Å²) in [5, 5.41) is 0. The van der Waals surface area contributed by atoms with Gasteiger partial charge in [-0.3, -0.25) is 0 Å². The summed E-state index contributed by atoms with van der Waals surface area (Å²) < 4.78 is 1.66. The van der Waals surface area contributed by atoms with Crippen molar-refractivity contribution < 1.29 is 17.9 Å². The molecule has 0 aromatic heterocycles. The van der Waals surface area contributed by atoms with Crippen molar-refractivity contribution in [1.29, 1.82) is 0 Å². The fourth-order valence-electron chi connectivity index (χ4n) is 0.780. The van der Waals surface area contributed by atoms with E-state index >= 15 is 0 Å². The SMILES string of the molecule is Cl.[Zn]=[C]1C=CCCC1. The number of rotatable bonds is 0. The summed E-state index contributed by atoms with van der Waals surface area (Å²) in [6.07, 6.45) is 8.64. The first kappa shape index (κ1) is 8.52. The van der Waals surface area contributed by atoms with Gasteiger partial charge in [-0.15, -0.1) is 12.4 Å². The van der Waals surface area contributed by atoms with Crippen LogP contribution in [0.1, 0.15) is 19.3 Å². The molecule has 1 rings (SSSR count). The van der Waals surface area contributed by atoms with E-state index in [4.69, 9.17) is 0 Å². The van der Waals surface area contributed by atoms with Crippen LogP contribution in [0.4, 0.5) is 0 Å². The first-order valence-electron chi connectivity index (χ1n) is 2.74. The van der Waals surface area contributed by atoms with E-state index in [1.54, 1.807) is 4.11 Å². The molecule has 0 aromatic carbocycles. The van der Waals surface area contributed by atoms with Gasteiger partial charge in [-0.2, -0.15) is 0 Å². The molecule has 2 heteroatoms. The van der Waals surface area contributed by atoms with Gasteiger partial charge in [0.15, 0.2) is 0 Å². The van der Waals surface area contributed by atoms with Crippen LogP contribution in [0.3, 0.4) is 0 Å². The second-order valence-corrected chi connectivity index (χ2v) is 3.86. The number of allylic oxidation sites excluding steroid dienone is 2. The quantitative estimate of drug-likeness (QED) is 0.501. The van der Waals surface area contributed by atoms with Gasteiger partial charge >= 0.3 is 53.4 Å². The third-order valence-corrected chi connectivity index (χ3v) is 2.46. The molecule has 0 unspecified atom stereocenters. The van der Waals surface area contributed by atoms with Crippen LogP contribution in [-0.4, -0.2) is 4.11 Å². The van der Waals surface area contributed by atoms with E-state index in [2.05, 4.69) is 12.2 Å². The van der Waals surface area contributed by atoms with Gasteiger partial charge < -0.3 is 0 Å². The van der Waals surface area contributed by atoms with Crippen LogP contribution in [0, 0.1) is 0 Å². The molecule has 0 aliphatic heterocycles. The Morgan fingerprint density at radius 3 is 2.50 bits per heavy atom. The predicted octanol–water partition coefficient (Wildman–Crippen LogP) is 1.87. The van der Waals surface area contributed by atoms with Crippen molar-refractivity contribution in [3.63, 3.8) is 0 Å². The molecule has 0 amide bonds. The summed E-state index contributed by atoms with van der Waals surface area (Å²) in [5.74, 6) is 0. The van der Waals surface area contributed by atoms with Crippen molar-refractivity contribution in [3.8, 4) is 0 Å². The molecule has 0 fully saturated rings. The molecule has 0 saturated heterocycles. The van der Waals surface area contributed by atoms with Crippen molar-refractivity contribution in [3.05, 3.63) is 12.2 Å². The van der Waals surface area contributed by atoms with Gasteiger partial charge in [-0.25, -0.2) is 0 Å². The average Bonchev–Trinajstić information content (AvgIpc) is 1.69. The van der Waals surface area contributed by atoms with E-state index in [1.807, 2.05) is 0 Å². The van der Waals surface area contributed by atoms with Crippen LogP contribution >= 0.6 is 12.4 Å². The second-order valence-electron chi connectivity index (χ2n) is 1.95. The standard InChI is InChI=1S/C6H8.ClH.Zn/c1-2-4-6-5-3-1;;/h1-2H,3,5-6H2;1H;. The molecular weight excluding hydrogens is 173 g/mol. The van der Waals surface area contributed by atoms with E-state index < -0.39 is 0 Å². The van der Waals surface area contributed by atoms with Crippen molar-refractivity contribution in [2.24, 2.45) is 0 Å². The van der Waals surface area contributed by atoms with Crippen molar-refractivity contribution in [2.75, 3.05) is 0 Å². The van der Waals surface area contributed by atoms with Crippen LogP contribution in [0.2, 0.25) is 0 Å². The maximum absolute atomic E-state index is 2.28. The Kier molecular flexibility index (Phi) is 4.70. The summed E-state index contributed by atoms with van der Waals surface area (Å²) in [7, 11) is 0. The van der Waals surface area contributed by atoms with Crippen molar-refractivity contribution in [2.45, 2.75) is 19.3 Å². The Balaban J connectivity index is 0.000000490. The van der Waals surface area contributed by atoms with E-state index in [-0.39, 0.29) is 12.4 Å². The van der Waals surface area contributed by atoms with Gasteiger partial charge in [0.2, 0.25) is 0 Å². The average molecular weight is 182 g/mol. The van der Waals surface area contributed by atoms with Crippen LogP contribution < -0.4 is 0 Å². The van der Waals surface area contributed by atoms with Gasteiger partial charge in [0.25, 0.3) is 0 Å². The molecule has 1 aliphatic carbocycles. The first-order valence-corrected chi connectivity index (χ1v) is 4.22. The molecule has 0 radical (unpaired) electrons. The zero-order chi connectivity index (χ0) is 5.11. The third kappa shape index (κ3) is 2.74. The van der Waals surface area contributed by atoms with Gasteiger partial charge in [-0.1, -0.05) is 0 Å². The molecular formula is C6H9ClZn. The summed E-state index contributed by atoms with van der Waals surface area (Å²) in [6.45, 7) is 0. The molecule has 0 N–H and O–H groups in total. The van der Waals surface area contributed by atoms with Crippen LogP contribution in [0.25, 0.3) is 0 Å². The Morgan fingerprint density at radius 2 is 2.25 bits per heavy atom. The first-order chi connectivity index (χ1) is 3.39. The minimum atomic E-state index is 0. The van der Waals surface area contributed by atoms with E-state index in [9.17, 15) is 0 Å². The predicted molar refractivity (Wildman–Crippen MR) is 35.2 cm³/mol. The Bertz CT molecular complexity index is 107. The summed E-state index contributed by atoms with van der Waals surface area (Å²) in [5.41, 5.74) is 0. The van der Waals surface area contributed by atoms with Crippen molar-refractivity contribution >= 4 is 16.5 Å². The fraction of sp³-hybridized carbons (Fsp3) is 0.500. The Labute approximate surface area is 66.0 Å². The molecule has 0 nitrogen and oxygen atoms in total. The molecule has 0 bridgehead atoms. The van der Waals surface area contributed by atoms with E-state index in [1.165, 1.54) is 37.1 Å². The summed E-state index contributed by atoms with van der Waals surface area (Å²) in [4.78, 5) is 0. The second kappa shape index (κ2) is 4.41. The monoisotopic (exact) mass is 180 g/mol. The van der Waals surface area contributed by atoms with Crippen molar-refractivity contribution in [1.82, 2.24) is 0 Å². The molecule has 0 aromatic rings. The molecule has 0 atom stereocenters. The van der Waals surface area contributed by atoms with E-state index in [0.29, 0.717) is 0 Å². The Hall–Kier alpha value is 0.523. The normalized spacial score (nSPS) is 18.0. The molecule has 0 heterocycles. The zero-order valence-corrected chi connectivity index (χ0v) is 8.68. The zero-order valence-electron chi connectivity index (χ0n) is 4.89.